The highest BCUT2D eigenvalue weighted by Gasteiger charge is 2.05. The molecule has 0 saturated carbocycles. The Kier molecular flexibility index (Phi) is 7.99. The quantitative estimate of drug-likeness (QED) is 0.605. The Hall–Kier alpha value is -3.02. The molecule has 3 N–H and O–H groups in total. The van der Waals surface area contributed by atoms with Gasteiger partial charge in [-0.05, 0) is 49.6 Å². The lowest BCUT2D eigenvalue weighted by Crippen LogP contribution is -2.40. The zero-order chi connectivity index (χ0) is 18.6. The first-order valence-electron chi connectivity index (χ1n) is 8.75. The molecular formula is C20H25N3O3. The van der Waals surface area contributed by atoms with E-state index >= 15 is 0 Å². The minimum Gasteiger partial charge on any atom is -0.494 e. The number of rotatable bonds is 9. The molecule has 2 aromatic carbocycles. The van der Waals surface area contributed by atoms with Crippen molar-refractivity contribution < 1.29 is 14.3 Å². The molecule has 0 unspecified atom stereocenters. The maximum Gasteiger partial charge on any atom is 0.315 e. The fraction of sp³-hybridized carbons (Fsp3) is 0.300. The first-order chi connectivity index (χ1) is 12.7. The van der Waals surface area contributed by atoms with E-state index in [1.165, 1.54) is 5.56 Å². The van der Waals surface area contributed by atoms with Gasteiger partial charge in [-0.3, -0.25) is 4.79 Å². The number of hydrogen-bond donors (Lipinski definition) is 3. The molecule has 0 atom stereocenters. The van der Waals surface area contributed by atoms with E-state index in [0.717, 1.165) is 18.6 Å². The molecule has 0 aromatic heterocycles. The fourth-order valence-corrected chi connectivity index (χ4v) is 2.37. The molecule has 0 heterocycles. The van der Waals surface area contributed by atoms with E-state index < -0.39 is 0 Å². The third-order valence-corrected chi connectivity index (χ3v) is 3.63. The molecule has 0 saturated heterocycles. The lowest BCUT2D eigenvalue weighted by atomic mass is 10.1. The summed E-state index contributed by atoms with van der Waals surface area (Å²) in [5.74, 6) is 0.465. The van der Waals surface area contributed by atoms with Crippen molar-refractivity contribution in [3.8, 4) is 5.75 Å². The summed E-state index contributed by atoms with van der Waals surface area (Å²) in [6, 6.07) is 16.8. The number of nitrogens with one attached hydrogen (secondary N) is 3. The number of carbonyl (C=O) groups is 2. The molecule has 6 heteroatoms. The smallest absolute Gasteiger partial charge is 0.315 e. The number of hydrogen-bond acceptors (Lipinski definition) is 3. The van der Waals surface area contributed by atoms with Crippen LogP contribution < -0.4 is 20.7 Å². The summed E-state index contributed by atoms with van der Waals surface area (Å²) in [7, 11) is 0. The summed E-state index contributed by atoms with van der Waals surface area (Å²) in [5, 5.41) is 8.01. The molecule has 0 fully saturated rings. The SMILES string of the molecule is CCOc1ccc(NC(=O)CNC(=O)NCCCc2ccccc2)cc1. The standard InChI is InChI=1S/C20H25N3O3/c1-2-26-18-12-10-17(11-13-18)23-19(24)15-22-20(25)21-14-6-9-16-7-4-3-5-8-16/h3-5,7-8,10-13H,2,6,9,14-15H2,1H3,(H,23,24)(H2,21,22,25). The lowest BCUT2D eigenvalue weighted by Gasteiger charge is -2.09. The van der Waals surface area contributed by atoms with Gasteiger partial charge in [-0.1, -0.05) is 30.3 Å². The van der Waals surface area contributed by atoms with E-state index in [9.17, 15) is 9.59 Å². The molecule has 2 rings (SSSR count). The second kappa shape index (κ2) is 10.8. The van der Waals surface area contributed by atoms with Crippen molar-refractivity contribution in [1.82, 2.24) is 10.6 Å². The molecule has 0 spiro atoms. The minimum absolute atomic E-state index is 0.0856. The van der Waals surface area contributed by atoms with Crippen LogP contribution in [0.2, 0.25) is 0 Å². The van der Waals surface area contributed by atoms with Crippen LogP contribution in [0.15, 0.2) is 54.6 Å². The Morgan fingerprint density at radius 3 is 2.38 bits per heavy atom. The molecule has 0 radical (unpaired) electrons. The van der Waals surface area contributed by atoms with Gasteiger partial charge in [0.25, 0.3) is 0 Å². The molecule has 0 aliphatic rings. The molecule has 0 bridgehead atoms. The molecule has 26 heavy (non-hydrogen) atoms. The first kappa shape index (κ1) is 19.3. The van der Waals surface area contributed by atoms with Gasteiger partial charge < -0.3 is 20.7 Å². The predicted octanol–water partition coefficient (Wildman–Crippen LogP) is 2.96. The molecule has 6 nitrogen and oxygen atoms in total. The number of ether oxygens (including phenoxy) is 1. The third kappa shape index (κ3) is 7.25. The number of carbonyl (C=O) groups excluding carboxylic acids is 2. The lowest BCUT2D eigenvalue weighted by molar-refractivity contribution is -0.115. The summed E-state index contributed by atoms with van der Waals surface area (Å²) in [6.07, 6.45) is 1.75. The van der Waals surface area contributed by atoms with E-state index in [0.29, 0.717) is 18.8 Å². The Morgan fingerprint density at radius 1 is 0.962 bits per heavy atom. The van der Waals surface area contributed by atoms with Gasteiger partial charge in [0.2, 0.25) is 5.91 Å². The van der Waals surface area contributed by atoms with Gasteiger partial charge in [0.15, 0.2) is 0 Å². The number of benzene rings is 2. The van der Waals surface area contributed by atoms with Crippen molar-refractivity contribution in [1.29, 1.82) is 0 Å². The number of urea groups is 1. The van der Waals surface area contributed by atoms with E-state index in [4.69, 9.17) is 4.74 Å². The number of aryl methyl sites for hydroxylation is 1. The monoisotopic (exact) mass is 355 g/mol. The van der Waals surface area contributed by atoms with E-state index in [1.807, 2.05) is 25.1 Å². The van der Waals surface area contributed by atoms with Crippen molar-refractivity contribution in [2.45, 2.75) is 19.8 Å². The van der Waals surface area contributed by atoms with Crippen molar-refractivity contribution in [3.05, 3.63) is 60.2 Å². The van der Waals surface area contributed by atoms with Gasteiger partial charge in [0, 0.05) is 12.2 Å². The minimum atomic E-state index is -0.347. The maximum absolute atomic E-state index is 11.9. The number of anilines is 1. The second-order valence-corrected chi connectivity index (χ2v) is 5.70. The average molecular weight is 355 g/mol. The zero-order valence-corrected chi connectivity index (χ0v) is 15.0. The largest absolute Gasteiger partial charge is 0.494 e. The van der Waals surface area contributed by atoms with Gasteiger partial charge in [-0.25, -0.2) is 4.79 Å². The highest BCUT2D eigenvalue weighted by Crippen LogP contribution is 2.15. The summed E-state index contributed by atoms with van der Waals surface area (Å²) in [6.45, 7) is 2.98. The van der Waals surface area contributed by atoms with Crippen LogP contribution in [0.4, 0.5) is 10.5 Å². The molecule has 3 amide bonds. The van der Waals surface area contributed by atoms with Crippen LogP contribution >= 0.6 is 0 Å². The summed E-state index contributed by atoms with van der Waals surface area (Å²) < 4.78 is 5.34. The Labute approximate surface area is 153 Å². The first-order valence-corrected chi connectivity index (χ1v) is 8.75. The summed E-state index contributed by atoms with van der Waals surface area (Å²) >= 11 is 0. The molecule has 0 aliphatic heterocycles. The van der Waals surface area contributed by atoms with Crippen LogP contribution in [0.1, 0.15) is 18.9 Å². The second-order valence-electron chi connectivity index (χ2n) is 5.70. The van der Waals surface area contributed by atoms with Crippen LogP contribution in [-0.2, 0) is 11.2 Å². The Morgan fingerprint density at radius 2 is 1.69 bits per heavy atom. The summed E-state index contributed by atoms with van der Waals surface area (Å²) in [5.41, 5.74) is 1.90. The normalized spacial score (nSPS) is 10.0. The zero-order valence-electron chi connectivity index (χ0n) is 15.0. The van der Waals surface area contributed by atoms with Crippen molar-refractivity contribution >= 4 is 17.6 Å². The fourth-order valence-electron chi connectivity index (χ4n) is 2.37. The van der Waals surface area contributed by atoms with Gasteiger partial charge >= 0.3 is 6.03 Å². The maximum atomic E-state index is 11.9. The Bertz CT molecular complexity index is 687. The Balaban J connectivity index is 1.59. The van der Waals surface area contributed by atoms with Crippen LogP contribution in [0.3, 0.4) is 0 Å². The van der Waals surface area contributed by atoms with Crippen molar-refractivity contribution in [2.24, 2.45) is 0 Å². The molecular weight excluding hydrogens is 330 g/mol. The predicted molar refractivity (Wildman–Crippen MR) is 102 cm³/mol. The molecule has 138 valence electrons. The van der Waals surface area contributed by atoms with Gasteiger partial charge in [-0.15, -0.1) is 0 Å². The van der Waals surface area contributed by atoms with Crippen LogP contribution in [0, 0.1) is 0 Å². The molecule has 0 aliphatic carbocycles. The van der Waals surface area contributed by atoms with E-state index in [1.54, 1.807) is 24.3 Å². The van der Waals surface area contributed by atoms with Crippen LogP contribution in [0.5, 0.6) is 5.75 Å². The highest BCUT2D eigenvalue weighted by atomic mass is 16.5. The topological polar surface area (TPSA) is 79.5 Å². The van der Waals surface area contributed by atoms with Crippen molar-refractivity contribution in [3.63, 3.8) is 0 Å². The van der Waals surface area contributed by atoms with Crippen LogP contribution in [0.25, 0.3) is 0 Å². The molecule has 2 aromatic rings. The van der Waals surface area contributed by atoms with Gasteiger partial charge in [0.05, 0.1) is 13.2 Å². The van der Waals surface area contributed by atoms with Crippen molar-refractivity contribution in [2.75, 3.05) is 25.0 Å². The van der Waals surface area contributed by atoms with Crippen LogP contribution in [-0.4, -0.2) is 31.6 Å². The summed E-state index contributed by atoms with van der Waals surface area (Å²) in [4.78, 5) is 23.6. The highest BCUT2D eigenvalue weighted by molar-refractivity contribution is 5.94. The number of amides is 3. The van der Waals surface area contributed by atoms with E-state index in [-0.39, 0.29) is 18.5 Å². The van der Waals surface area contributed by atoms with Gasteiger partial charge in [-0.2, -0.15) is 0 Å². The third-order valence-electron chi connectivity index (χ3n) is 3.63. The van der Waals surface area contributed by atoms with E-state index in [2.05, 4.69) is 28.1 Å². The average Bonchev–Trinajstić information content (AvgIpc) is 2.66. The van der Waals surface area contributed by atoms with Gasteiger partial charge in [0.1, 0.15) is 5.75 Å².